The van der Waals surface area contributed by atoms with Gasteiger partial charge < -0.3 is 4.57 Å². The Balaban J connectivity index is 2.18. The van der Waals surface area contributed by atoms with Gasteiger partial charge in [-0.3, -0.25) is 9.59 Å². The molecule has 0 N–H and O–H groups in total. The van der Waals surface area contributed by atoms with Gasteiger partial charge in [-0.25, -0.2) is 0 Å². The molecule has 26 heavy (non-hydrogen) atoms. The van der Waals surface area contributed by atoms with Crippen molar-refractivity contribution in [2.75, 3.05) is 0 Å². The van der Waals surface area contributed by atoms with Crippen molar-refractivity contribution in [3.8, 4) is 0 Å². The maximum Gasteiger partial charge on any atom is 0.171 e. The molecule has 130 valence electrons. The lowest BCUT2D eigenvalue weighted by Gasteiger charge is -2.20. The third kappa shape index (κ3) is 3.31. The number of ketones is 2. The quantitative estimate of drug-likeness (QED) is 0.513. The normalized spacial score (nSPS) is 11.2. The Morgan fingerprint density at radius 2 is 0.923 bits per heavy atom. The van der Waals surface area contributed by atoms with Crippen LogP contribution >= 0.6 is 7.14 Å². The highest BCUT2D eigenvalue weighted by Gasteiger charge is 2.29. The van der Waals surface area contributed by atoms with Gasteiger partial charge in [0.2, 0.25) is 0 Å². The molecule has 0 aliphatic heterocycles. The van der Waals surface area contributed by atoms with Gasteiger partial charge in [-0.1, -0.05) is 78.9 Å². The average Bonchev–Trinajstić information content (AvgIpc) is 2.68. The largest absolute Gasteiger partial charge is 0.309 e. The summed E-state index contributed by atoms with van der Waals surface area (Å²) >= 11 is 0. The van der Waals surface area contributed by atoms with Crippen LogP contribution in [-0.4, -0.2) is 11.6 Å². The van der Waals surface area contributed by atoms with E-state index in [4.69, 9.17) is 0 Å². The summed E-state index contributed by atoms with van der Waals surface area (Å²) in [4.78, 5) is 23.1. The van der Waals surface area contributed by atoms with E-state index in [9.17, 15) is 14.2 Å². The van der Waals surface area contributed by atoms with E-state index in [-0.39, 0.29) is 11.6 Å². The van der Waals surface area contributed by atoms with Crippen LogP contribution < -0.4 is 15.9 Å². The first-order valence-electron chi connectivity index (χ1n) is 8.32. The number of carbonyl (C=O) groups excluding carboxylic acids is 2. The van der Waals surface area contributed by atoms with E-state index in [0.717, 1.165) is 0 Å². The van der Waals surface area contributed by atoms with Gasteiger partial charge in [0.05, 0.1) is 0 Å². The third-order valence-corrected chi connectivity index (χ3v) is 7.47. The topological polar surface area (TPSA) is 51.2 Å². The Bertz CT molecular complexity index is 926. The zero-order valence-electron chi connectivity index (χ0n) is 14.7. The number of Topliss-reactive ketones (excluding diaryl/α,β-unsaturated/α-hetero) is 2. The maximum atomic E-state index is 14.2. The van der Waals surface area contributed by atoms with Crippen LogP contribution in [0, 0.1) is 0 Å². The van der Waals surface area contributed by atoms with Crippen molar-refractivity contribution >= 4 is 34.6 Å². The van der Waals surface area contributed by atoms with E-state index in [1.54, 1.807) is 48.5 Å². The molecule has 3 aromatic carbocycles. The van der Waals surface area contributed by atoms with Crippen molar-refractivity contribution in [2.24, 2.45) is 0 Å². The highest BCUT2D eigenvalue weighted by molar-refractivity contribution is 7.85. The lowest BCUT2D eigenvalue weighted by Crippen LogP contribution is -2.25. The Morgan fingerprint density at radius 1 is 0.577 bits per heavy atom. The van der Waals surface area contributed by atoms with Gasteiger partial charge in [-0.15, -0.1) is 0 Å². The Morgan fingerprint density at radius 3 is 1.27 bits per heavy atom. The molecule has 0 aromatic heterocycles. The van der Waals surface area contributed by atoms with Crippen LogP contribution in [-0.2, 0) is 4.57 Å². The SMILES string of the molecule is CC(=O)c1ccc(P(=O)(c2ccccc2)c2ccc(C(C)=O)cc2)cc1. The molecule has 3 aromatic rings. The lowest BCUT2D eigenvalue weighted by molar-refractivity contribution is 0.100. The van der Waals surface area contributed by atoms with Gasteiger partial charge in [-0.05, 0) is 13.8 Å². The summed E-state index contributed by atoms with van der Waals surface area (Å²) in [5, 5.41) is 2.03. The summed E-state index contributed by atoms with van der Waals surface area (Å²) in [6.07, 6.45) is 0. The zero-order chi connectivity index (χ0) is 18.7. The third-order valence-electron chi connectivity index (χ3n) is 4.39. The van der Waals surface area contributed by atoms with Crippen LogP contribution in [0.15, 0.2) is 78.9 Å². The first kappa shape index (κ1) is 18.0. The van der Waals surface area contributed by atoms with Crippen molar-refractivity contribution in [3.63, 3.8) is 0 Å². The molecule has 0 unspecified atom stereocenters. The summed E-state index contributed by atoms with van der Waals surface area (Å²) in [6, 6.07) is 23.1. The Labute approximate surface area is 153 Å². The predicted octanol–water partition coefficient (Wildman–Crippen LogP) is 3.73. The number of carbonyl (C=O) groups is 2. The van der Waals surface area contributed by atoms with Crippen LogP contribution in [0.1, 0.15) is 34.6 Å². The highest BCUT2D eigenvalue weighted by Crippen LogP contribution is 2.42. The van der Waals surface area contributed by atoms with Gasteiger partial charge in [0.15, 0.2) is 18.7 Å². The molecule has 0 fully saturated rings. The van der Waals surface area contributed by atoms with Crippen LogP contribution in [0.2, 0.25) is 0 Å². The van der Waals surface area contributed by atoms with E-state index in [1.165, 1.54) is 13.8 Å². The second-order valence-electron chi connectivity index (χ2n) is 6.15. The zero-order valence-corrected chi connectivity index (χ0v) is 15.6. The molecule has 0 heterocycles. The summed E-state index contributed by atoms with van der Waals surface area (Å²) < 4.78 is 14.2. The van der Waals surface area contributed by atoms with Crippen LogP contribution in [0.3, 0.4) is 0 Å². The van der Waals surface area contributed by atoms with Gasteiger partial charge >= 0.3 is 0 Å². The van der Waals surface area contributed by atoms with Crippen molar-refractivity contribution in [3.05, 3.63) is 90.0 Å². The first-order chi connectivity index (χ1) is 12.4. The van der Waals surface area contributed by atoms with Crippen LogP contribution in [0.4, 0.5) is 0 Å². The molecule has 0 saturated heterocycles. The molecule has 4 heteroatoms. The lowest BCUT2D eigenvalue weighted by atomic mass is 10.1. The molecular weight excluding hydrogens is 343 g/mol. The summed E-state index contributed by atoms with van der Waals surface area (Å²) in [5.41, 5.74) is 1.17. The molecular formula is C22H19O3P. The first-order valence-corrected chi connectivity index (χ1v) is 10.0. The van der Waals surface area contributed by atoms with Crippen molar-refractivity contribution in [2.45, 2.75) is 13.8 Å². The predicted molar refractivity (Wildman–Crippen MR) is 106 cm³/mol. The minimum atomic E-state index is -3.10. The van der Waals surface area contributed by atoms with Crippen LogP contribution in [0.5, 0.6) is 0 Å². The van der Waals surface area contributed by atoms with E-state index >= 15 is 0 Å². The minimum Gasteiger partial charge on any atom is -0.309 e. The number of hydrogen-bond acceptors (Lipinski definition) is 3. The molecule has 3 nitrogen and oxygen atoms in total. The summed E-state index contributed by atoms with van der Waals surface area (Å²) in [7, 11) is -3.10. The highest BCUT2D eigenvalue weighted by atomic mass is 31.2. The standard InChI is InChI=1S/C22H19O3P/c1-16(23)18-8-12-21(13-9-18)26(25,20-6-4-3-5-7-20)22-14-10-19(11-15-22)17(2)24/h3-15H,1-2H3. The summed E-state index contributed by atoms with van der Waals surface area (Å²) in [6.45, 7) is 3.01. The molecule has 0 bridgehead atoms. The van der Waals surface area contributed by atoms with E-state index in [1.807, 2.05) is 30.3 Å². The van der Waals surface area contributed by atoms with Gasteiger partial charge in [0.1, 0.15) is 0 Å². The van der Waals surface area contributed by atoms with Gasteiger partial charge in [0.25, 0.3) is 0 Å². The second-order valence-corrected chi connectivity index (χ2v) is 8.92. The number of benzene rings is 3. The molecule has 0 atom stereocenters. The summed E-state index contributed by atoms with van der Waals surface area (Å²) in [5.74, 6) is -0.0613. The number of hydrogen-bond donors (Lipinski definition) is 0. The monoisotopic (exact) mass is 362 g/mol. The average molecular weight is 362 g/mol. The van der Waals surface area contributed by atoms with Gasteiger partial charge in [-0.2, -0.15) is 0 Å². The maximum absolute atomic E-state index is 14.2. The fraction of sp³-hybridized carbons (Fsp3) is 0.0909. The molecule has 0 aliphatic carbocycles. The van der Waals surface area contributed by atoms with E-state index in [2.05, 4.69) is 0 Å². The van der Waals surface area contributed by atoms with Crippen molar-refractivity contribution in [1.29, 1.82) is 0 Å². The second kappa shape index (κ2) is 7.23. The van der Waals surface area contributed by atoms with Crippen molar-refractivity contribution < 1.29 is 14.2 Å². The Kier molecular flexibility index (Phi) is 5.01. The van der Waals surface area contributed by atoms with Crippen LogP contribution in [0.25, 0.3) is 0 Å². The van der Waals surface area contributed by atoms with Gasteiger partial charge in [0, 0.05) is 27.0 Å². The number of rotatable bonds is 5. The smallest absolute Gasteiger partial charge is 0.171 e. The van der Waals surface area contributed by atoms with Crippen molar-refractivity contribution in [1.82, 2.24) is 0 Å². The molecule has 0 aliphatic rings. The minimum absolute atomic E-state index is 0.0306. The molecule has 0 saturated carbocycles. The molecule has 0 spiro atoms. The van der Waals surface area contributed by atoms with E-state index in [0.29, 0.717) is 27.0 Å². The Hall–Kier alpha value is -2.77. The molecule has 3 rings (SSSR count). The molecule has 0 radical (unpaired) electrons. The molecule has 0 amide bonds. The fourth-order valence-electron chi connectivity index (χ4n) is 2.90. The van der Waals surface area contributed by atoms with E-state index < -0.39 is 7.14 Å². The fourth-order valence-corrected chi connectivity index (χ4v) is 5.52.